The highest BCUT2D eigenvalue weighted by molar-refractivity contribution is 7.19. The molecule has 10 aromatic rings. The zero-order valence-electron chi connectivity index (χ0n) is 39.3. The maximum atomic E-state index is 8.54. The predicted molar refractivity (Wildman–Crippen MR) is 235 cm³/mol. The molecule has 0 fully saturated rings. The Bertz CT molecular complexity index is 3300. The number of hydrogen-bond acceptors (Lipinski definition) is 2. The molecule has 55 heavy (non-hydrogen) atoms. The highest BCUT2D eigenvalue weighted by Crippen LogP contribution is 2.43. The fourth-order valence-corrected chi connectivity index (χ4v) is 8.24. The standard InChI is InChI=1S/C52H36N2S/c1-4-12-37(13-5-1)39-24-29-45(30-25-39)53(46-31-26-40(27-32-46)38-14-6-2-7-15-38)52-35-34-51(55-52)42-22-20-41(21-23-42)43-28-33-48-47-18-10-11-19-49(47)54(50(48)36-43)44-16-8-3-9-17-44/h1-36H/i1D,2D,4D,5D,6D,7D,12D,13D,14D,15D. The van der Waals surface area contributed by atoms with E-state index in [2.05, 4.69) is 102 Å². The molecule has 2 heterocycles. The van der Waals surface area contributed by atoms with Crippen molar-refractivity contribution in [1.29, 1.82) is 0 Å². The van der Waals surface area contributed by atoms with E-state index in [9.17, 15) is 0 Å². The van der Waals surface area contributed by atoms with Crippen molar-refractivity contribution in [2.24, 2.45) is 0 Å². The Kier molecular flexibility index (Phi) is 6.08. The maximum Gasteiger partial charge on any atom is 0.101 e. The molecule has 3 heteroatoms. The Labute approximate surface area is 339 Å². The van der Waals surface area contributed by atoms with Crippen molar-refractivity contribution in [2.45, 2.75) is 0 Å². The van der Waals surface area contributed by atoms with Gasteiger partial charge in [0.15, 0.2) is 0 Å². The number of anilines is 3. The minimum atomic E-state index is -0.452. The first-order valence-corrected chi connectivity index (χ1v) is 18.7. The molecular formula is C52H36N2S. The molecule has 0 aliphatic heterocycles. The molecule has 2 nitrogen and oxygen atoms in total. The van der Waals surface area contributed by atoms with Gasteiger partial charge in [-0.1, -0.05) is 157 Å². The lowest BCUT2D eigenvalue weighted by Gasteiger charge is -2.24. The number of aromatic nitrogens is 1. The van der Waals surface area contributed by atoms with Crippen molar-refractivity contribution in [2.75, 3.05) is 4.90 Å². The van der Waals surface area contributed by atoms with E-state index in [0.29, 0.717) is 11.1 Å². The molecule has 8 aromatic carbocycles. The third-order valence-corrected chi connectivity index (χ3v) is 11.0. The smallest absolute Gasteiger partial charge is 0.101 e. The van der Waals surface area contributed by atoms with Gasteiger partial charge in [0.05, 0.1) is 24.7 Å². The number of para-hydroxylation sites is 2. The summed E-state index contributed by atoms with van der Waals surface area (Å²) in [5.41, 5.74) is 9.19. The van der Waals surface area contributed by atoms with E-state index in [4.69, 9.17) is 13.7 Å². The topological polar surface area (TPSA) is 8.17 Å². The second-order valence-corrected chi connectivity index (χ2v) is 14.1. The van der Waals surface area contributed by atoms with Crippen LogP contribution < -0.4 is 4.90 Å². The van der Waals surface area contributed by atoms with Crippen LogP contribution in [0.4, 0.5) is 16.4 Å². The van der Waals surface area contributed by atoms with Gasteiger partial charge in [-0.3, -0.25) is 0 Å². The van der Waals surface area contributed by atoms with Crippen molar-refractivity contribution < 1.29 is 13.7 Å². The normalized spacial score (nSPS) is 13.8. The summed E-state index contributed by atoms with van der Waals surface area (Å²) < 4.78 is 85.4. The van der Waals surface area contributed by atoms with Gasteiger partial charge in [-0.25, -0.2) is 0 Å². The van der Waals surface area contributed by atoms with E-state index in [-0.39, 0.29) is 35.3 Å². The van der Waals surface area contributed by atoms with E-state index in [1.54, 1.807) is 35.6 Å². The van der Waals surface area contributed by atoms with E-state index >= 15 is 0 Å². The van der Waals surface area contributed by atoms with Crippen molar-refractivity contribution >= 4 is 49.5 Å². The third-order valence-electron chi connectivity index (χ3n) is 9.83. The van der Waals surface area contributed by atoms with Crippen LogP contribution in [0.2, 0.25) is 0 Å². The van der Waals surface area contributed by atoms with Gasteiger partial charge >= 0.3 is 0 Å². The Balaban J connectivity index is 1.02. The second-order valence-electron chi connectivity index (χ2n) is 13.1. The van der Waals surface area contributed by atoms with Crippen molar-refractivity contribution in [1.82, 2.24) is 4.57 Å². The van der Waals surface area contributed by atoms with Crippen LogP contribution in [0.25, 0.3) is 71.3 Å². The van der Waals surface area contributed by atoms with Gasteiger partial charge in [-0.2, -0.15) is 0 Å². The summed E-state index contributed by atoms with van der Waals surface area (Å²) >= 11 is 1.57. The van der Waals surface area contributed by atoms with Crippen LogP contribution in [0, 0.1) is 0 Å². The molecule has 0 N–H and O–H groups in total. The van der Waals surface area contributed by atoms with Crippen LogP contribution in [0.1, 0.15) is 13.7 Å². The molecule has 2 aromatic heterocycles. The van der Waals surface area contributed by atoms with Crippen LogP contribution in [0.15, 0.2) is 218 Å². The monoisotopic (exact) mass is 730 g/mol. The summed E-state index contributed by atoms with van der Waals surface area (Å²) in [5.74, 6) is 0. The summed E-state index contributed by atoms with van der Waals surface area (Å²) in [5, 5.41) is 3.24. The quantitative estimate of drug-likeness (QED) is 0.151. The molecule has 0 bridgehead atoms. The van der Waals surface area contributed by atoms with Gasteiger partial charge in [-0.05, 0) is 99.6 Å². The molecule has 0 saturated carbocycles. The molecule has 0 aliphatic rings. The molecule has 0 spiro atoms. The molecule has 0 radical (unpaired) electrons. The highest BCUT2D eigenvalue weighted by Gasteiger charge is 2.17. The Morgan fingerprint density at radius 2 is 0.909 bits per heavy atom. The Morgan fingerprint density at radius 1 is 0.400 bits per heavy atom. The van der Waals surface area contributed by atoms with Gasteiger partial charge in [0, 0.05) is 32.7 Å². The van der Waals surface area contributed by atoms with E-state index in [1.165, 1.54) is 10.8 Å². The average Bonchev–Trinajstić information content (AvgIpc) is 3.96. The fraction of sp³-hybridized carbons (Fsp3) is 0. The average molecular weight is 731 g/mol. The minimum absolute atomic E-state index is 0.109. The summed E-state index contributed by atoms with van der Waals surface area (Å²) in [4.78, 5) is 3.05. The predicted octanol–water partition coefficient (Wildman–Crippen LogP) is 15.0. The highest BCUT2D eigenvalue weighted by atomic mass is 32.1. The Morgan fingerprint density at radius 3 is 1.55 bits per heavy atom. The molecule has 0 saturated heterocycles. The van der Waals surface area contributed by atoms with Crippen LogP contribution in [-0.4, -0.2) is 4.57 Å². The molecule has 0 aliphatic carbocycles. The van der Waals surface area contributed by atoms with Crippen LogP contribution in [-0.2, 0) is 0 Å². The number of nitrogens with zero attached hydrogens (tertiary/aromatic N) is 2. The summed E-state index contributed by atoms with van der Waals surface area (Å²) in [6, 6.07) is 48.7. The van der Waals surface area contributed by atoms with Crippen LogP contribution in [0.3, 0.4) is 0 Å². The first-order valence-electron chi connectivity index (χ1n) is 22.9. The molecular weight excluding hydrogens is 685 g/mol. The van der Waals surface area contributed by atoms with Crippen molar-refractivity contribution in [3.8, 4) is 49.5 Å². The number of hydrogen-bond donors (Lipinski definition) is 0. The van der Waals surface area contributed by atoms with Gasteiger partial charge in [-0.15, -0.1) is 11.3 Å². The number of benzene rings is 8. The zero-order valence-corrected chi connectivity index (χ0v) is 30.1. The molecule has 260 valence electrons. The largest absolute Gasteiger partial charge is 0.309 e. The SMILES string of the molecule is [2H]c1c([2H])c([2H])c(-c2ccc(N(c3ccc(-c4c([2H])c([2H])c([2H])c([2H])c4[2H])cc3)c3ccc(-c4ccc(-c5ccc6c7ccccc7n(-c7ccccc7)c6c5)cc4)s3)cc2)c([2H])c1[2H]. The van der Waals surface area contributed by atoms with Gasteiger partial charge in [0.25, 0.3) is 0 Å². The van der Waals surface area contributed by atoms with Crippen molar-refractivity contribution in [3.63, 3.8) is 0 Å². The summed E-state index contributed by atoms with van der Waals surface area (Å²) in [7, 11) is 0. The zero-order chi connectivity index (χ0) is 45.3. The lowest BCUT2D eigenvalue weighted by Crippen LogP contribution is -2.08. The van der Waals surface area contributed by atoms with Crippen molar-refractivity contribution in [3.05, 3.63) is 218 Å². The lowest BCUT2D eigenvalue weighted by atomic mass is 10.0. The van der Waals surface area contributed by atoms with Gasteiger partial charge < -0.3 is 9.47 Å². The third kappa shape index (κ3) is 6.21. The first kappa shape index (κ1) is 23.7. The number of rotatable bonds is 8. The van der Waals surface area contributed by atoms with Gasteiger partial charge in [0.1, 0.15) is 5.00 Å². The summed E-state index contributed by atoms with van der Waals surface area (Å²) in [6.45, 7) is 0. The number of fused-ring (bicyclic) bond motifs is 3. The molecule has 0 unspecified atom stereocenters. The van der Waals surface area contributed by atoms with E-state index < -0.39 is 36.3 Å². The minimum Gasteiger partial charge on any atom is -0.309 e. The van der Waals surface area contributed by atoms with E-state index in [0.717, 1.165) is 54.7 Å². The number of thiophene rings is 1. The summed E-state index contributed by atoms with van der Waals surface area (Å²) in [6.07, 6.45) is 0. The second kappa shape index (κ2) is 14.1. The molecule has 0 atom stereocenters. The van der Waals surface area contributed by atoms with Crippen LogP contribution in [0.5, 0.6) is 0 Å². The Hall–Kier alpha value is -6.94. The van der Waals surface area contributed by atoms with Crippen LogP contribution >= 0.6 is 11.3 Å². The fourth-order valence-electron chi connectivity index (χ4n) is 7.18. The molecule has 10 rings (SSSR count). The van der Waals surface area contributed by atoms with Gasteiger partial charge in [0.2, 0.25) is 0 Å². The van der Waals surface area contributed by atoms with E-state index in [1.807, 2.05) is 41.3 Å². The first-order chi connectivity index (χ1) is 31.4. The lowest BCUT2D eigenvalue weighted by molar-refractivity contribution is 1.18. The molecule has 0 amide bonds. The maximum absolute atomic E-state index is 8.54.